The number of pyridine rings is 2. The van der Waals surface area contributed by atoms with Gasteiger partial charge in [0.05, 0.1) is 0 Å². The number of carbonyl (C=O) groups is 2. The number of aromatic nitrogens is 18. The quantitative estimate of drug-likeness (QED) is 0.0677. The smallest absolute Gasteiger partial charge is 0.412 e. The topological polar surface area (TPSA) is 250 Å². The van der Waals surface area contributed by atoms with E-state index >= 15 is 0 Å². The second kappa shape index (κ2) is 34.9. The fraction of sp³-hybridized carbons (Fsp3) is 0.222. The first-order valence-electron chi connectivity index (χ1n) is 39.3. The van der Waals surface area contributed by atoms with Crippen LogP contribution in [0.25, 0.3) is 0 Å². The van der Waals surface area contributed by atoms with Crippen molar-refractivity contribution >= 4 is 92.9 Å². The molecule has 10 heterocycles. The van der Waals surface area contributed by atoms with Crippen molar-refractivity contribution in [3.8, 4) is 0 Å². The maximum Gasteiger partial charge on any atom is 2.00 e. The molecule has 0 saturated carbocycles. The number of aryl methyl sites for hydroxylation is 4. The van der Waals surface area contributed by atoms with Crippen LogP contribution in [0, 0.1) is 60.2 Å². The summed E-state index contributed by atoms with van der Waals surface area (Å²) in [5.41, 5.74) is 15.4. The number of hydrogen-bond donors (Lipinski definition) is 2. The van der Waals surface area contributed by atoms with Crippen LogP contribution in [0.4, 0.5) is 0 Å². The first-order chi connectivity index (χ1) is 55.3. The van der Waals surface area contributed by atoms with Crippen molar-refractivity contribution in [3.63, 3.8) is 0 Å². The molecule has 22 nitrogen and oxygen atoms in total. The molecule has 10 aromatic heterocycles. The zero-order valence-corrected chi connectivity index (χ0v) is 72.0. The first-order valence-corrected chi connectivity index (χ1v) is 39.3. The van der Waals surface area contributed by atoms with Gasteiger partial charge in [-0.25, -0.2) is 40.8 Å². The molecule has 0 saturated heterocycles. The minimum absolute atomic E-state index is 0. The van der Waals surface area contributed by atoms with Crippen LogP contribution >= 0.6 is 0 Å². The van der Waals surface area contributed by atoms with Gasteiger partial charge < -0.3 is 46.7 Å². The number of carbonyl (C=O) groups excluding carboxylic acids is 2. The fourth-order valence-electron chi connectivity index (χ4n) is 15.9. The zero-order valence-electron chi connectivity index (χ0n) is 69.8. The molecular formula is C90H100B4Fe2N20O2. The summed E-state index contributed by atoms with van der Waals surface area (Å²) in [6, 6.07) is 62.0. The standard InChI is InChI=1S/2C31H29B2N9.2C14H21NO.2Fe/c2*1-26-10-14-28(15-11-26)32(39-22-4-18-34-39,40-23-5-19-35-40)30-8-3-9-31(38-30)33(41-24-6-20-36-41,42-25-7-21-37-42)29-16-12-27(2)13-17-29;2*1-13(2,3)9-7-10(14(4,5)6)12(16)11(15)8-9;;/h2*3-25H,1-2H3;2*7-8,15H,1-6H3;;/q2*-2;;;2*+2. The third kappa shape index (κ3) is 16.8. The molecule has 2 aliphatic rings. The van der Waals surface area contributed by atoms with E-state index in [1.54, 1.807) is 61.7 Å². The predicted octanol–water partition coefficient (Wildman–Crippen LogP) is 10.6. The minimum atomic E-state index is -1.98. The molecule has 0 unspecified atom stereocenters. The van der Waals surface area contributed by atoms with Gasteiger partial charge in [0.1, 0.15) is 11.4 Å². The van der Waals surface area contributed by atoms with Crippen molar-refractivity contribution in [2.45, 2.75) is 111 Å². The van der Waals surface area contributed by atoms with Gasteiger partial charge >= 0.3 is 34.1 Å². The summed E-state index contributed by atoms with van der Waals surface area (Å²) in [4.78, 5) is 34.9. The Hall–Kier alpha value is -12.2. The monoisotopic (exact) mass is 1650 g/mol. The van der Waals surface area contributed by atoms with Crippen molar-refractivity contribution < 1.29 is 43.7 Å². The summed E-state index contributed by atoms with van der Waals surface area (Å²) in [6.45, 7) is 33.0. The zero-order chi connectivity index (χ0) is 82.6. The third-order valence-corrected chi connectivity index (χ3v) is 22.2. The molecular weight excluding hydrogens is 1550 g/mol. The summed E-state index contributed by atoms with van der Waals surface area (Å²) >= 11 is 0. The molecule has 16 rings (SSSR count). The van der Waals surface area contributed by atoms with Crippen LogP contribution in [0.15, 0.2) is 328 Å². The van der Waals surface area contributed by atoms with Crippen LogP contribution in [-0.4, -0.2) is 136 Å². The molecule has 0 radical (unpaired) electrons. The van der Waals surface area contributed by atoms with Crippen LogP contribution in [0.2, 0.25) is 0 Å². The first kappa shape index (κ1) is 86.7. The van der Waals surface area contributed by atoms with E-state index in [0.29, 0.717) is 0 Å². The number of nitrogens with zero attached hydrogens (tertiary/aromatic N) is 18. The molecule has 14 aromatic rings. The Balaban J connectivity index is 0.000000168. The molecule has 0 spiro atoms. The average molecular weight is 1650 g/mol. The number of rotatable bonds is 16. The summed E-state index contributed by atoms with van der Waals surface area (Å²) in [5, 5.41) is 53.8. The van der Waals surface area contributed by atoms with Crippen LogP contribution in [-0.2, 0) is 43.7 Å². The molecule has 4 aromatic carbocycles. The maximum atomic E-state index is 11.9. The molecule has 600 valence electrons. The van der Waals surface area contributed by atoms with Crippen molar-refractivity contribution in [2.24, 2.45) is 21.7 Å². The summed E-state index contributed by atoms with van der Waals surface area (Å²) in [5.74, 6) is -0.277. The number of nitrogens with one attached hydrogen (secondary N) is 2. The van der Waals surface area contributed by atoms with Gasteiger partial charge in [0.25, 0.3) is 25.7 Å². The van der Waals surface area contributed by atoms with Gasteiger partial charge in [0.2, 0.25) is 11.6 Å². The Labute approximate surface area is 712 Å². The van der Waals surface area contributed by atoms with Crippen molar-refractivity contribution in [1.29, 1.82) is 10.8 Å². The fourth-order valence-corrected chi connectivity index (χ4v) is 15.9. The van der Waals surface area contributed by atoms with Gasteiger partial charge in [-0.3, -0.25) is 20.4 Å². The van der Waals surface area contributed by atoms with Gasteiger partial charge in [-0.05, 0) is 171 Å². The Bertz CT molecular complexity index is 5080. The molecule has 0 atom stereocenters. The summed E-state index contributed by atoms with van der Waals surface area (Å²) in [6.07, 6.45) is 29.6. The molecule has 0 amide bonds. The predicted molar refractivity (Wildman–Crippen MR) is 470 cm³/mol. The number of ketones is 2. The van der Waals surface area contributed by atoms with E-state index in [-0.39, 0.29) is 78.8 Å². The molecule has 118 heavy (non-hydrogen) atoms. The molecule has 2 aliphatic carbocycles. The number of allylic oxidation sites excluding steroid dienone is 8. The second-order valence-corrected chi connectivity index (χ2v) is 34.4. The maximum absolute atomic E-state index is 11.9. The Morgan fingerprint density at radius 3 is 0.602 bits per heavy atom. The normalized spacial score (nSPS) is 13.6. The molecule has 0 aliphatic heterocycles. The van der Waals surface area contributed by atoms with E-state index in [2.05, 4.69) is 203 Å². The molecule has 0 bridgehead atoms. The van der Waals surface area contributed by atoms with Gasteiger partial charge in [0.15, 0.2) is 0 Å². The van der Waals surface area contributed by atoms with E-state index in [4.69, 9.17) is 61.6 Å². The van der Waals surface area contributed by atoms with Crippen LogP contribution in [0.5, 0.6) is 0 Å². The number of hydrogen-bond acceptors (Lipinski definition) is 14. The van der Waals surface area contributed by atoms with Crippen LogP contribution < -0.4 is 44.2 Å². The summed E-state index contributed by atoms with van der Waals surface area (Å²) in [7, 11) is 0. The Morgan fingerprint density at radius 2 is 0.449 bits per heavy atom. The Kier molecular flexibility index (Phi) is 25.6. The largest absolute Gasteiger partial charge is 2.00 e. The van der Waals surface area contributed by atoms with Gasteiger partial charge in [0, 0.05) is 60.7 Å². The third-order valence-electron chi connectivity index (χ3n) is 22.2. The van der Waals surface area contributed by atoms with E-state index in [0.717, 1.165) is 66.5 Å². The van der Waals surface area contributed by atoms with Crippen LogP contribution in [0.3, 0.4) is 0 Å². The summed E-state index contributed by atoms with van der Waals surface area (Å²) < 4.78 is 15.8. The average Bonchev–Trinajstić information content (AvgIpc) is 1.34. The minimum Gasteiger partial charge on any atom is -0.412 e. The number of benzene rings is 4. The molecule has 0 fully saturated rings. The van der Waals surface area contributed by atoms with E-state index in [1.165, 1.54) is 22.3 Å². The molecule has 2 N–H and O–H groups in total. The van der Waals surface area contributed by atoms with Gasteiger partial charge in [-0.1, -0.05) is 273 Å². The van der Waals surface area contributed by atoms with E-state index in [1.807, 2.05) is 189 Å². The van der Waals surface area contributed by atoms with E-state index in [9.17, 15) is 9.59 Å². The van der Waals surface area contributed by atoms with E-state index < -0.39 is 25.7 Å². The van der Waals surface area contributed by atoms with Crippen molar-refractivity contribution in [2.75, 3.05) is 0 Å². The molecule has 28 heteroatoms. The SMILES string of the molecule is CC(C)(C)C1=CC(=N)C(=O)C(C(C)(C)C)=C1.CC(C)(C)C1=CC(=N)C(=O)C(C(C)(C)C)=C1.Cc1ccc([B-](c2cccc([B-](c3ccc(C)cc3)(n3cccn3)n3cccn3)n2)(n2cccn2)n2cccn2)cc1.Cc1ccc([B-](c2cccc([B-](c3ccc(C)cc3)(n3cccn3)n3cccn3)n2)(n2cccn2)n2cccn2)cc1.[Fe+2].[Fe+2]. The Morgan fingerprint density at radius 1 is 0.263 bits per heavy atom. The van der Waals surface area contributed by atoms with Gasteiger partial charge in [-0.2, -0.15) is 21.9 Å². The second-order valence-electron chi connectivity index (χ2n) is 34.4. The van der Waals surface area contributed by atoms with Crippen molar-refractivity contribution in [3.05, 3.63) is 350 Å². The van der Waals surface area contributed by atoms with Crippen molar-refractivity contribution in [1.82, 2.24) is 87.5 Å². The van der Waals surface area contributed by atoms with Gasteiger partial charge in [-0.15, -0.1) is 0 Å². The number of Topliss-reactive ketones (excluding diaryl/α,β-unsaturated/α-hetero) is 2. The van der Waals surface area contributed by atoms with Crippen LogP contribution in [0.1, 0.15) is 105 Å².